The fourth-order valence-electron chi connectivity index (χ4n) is 2.00. The number of nitrogens with zero attached hydrogens (tertiary/aromatic N) is 3. The molecule has 0 unspecified atom stereocenters. The number of para-hydroxylation sites is 1. The second-order valence-corrected chi connectivity index (χ2v) is 4.05. The second kappa shape index (κ2) is 6.17. The molecule has 0 bridgehead atoms. The Balaban J connectivity index is 2.43. The lowest BCUT2D eigenvalue weighted by Crippen LogP contribution is -2.37. The van der Waals surface area contributed by atoms with Gasteiger partial charge in [-0.25, -0.2) is 0 Å². The van der Waals surface area contributed by atoms with E-state index < -0.39 is 0 Å². The summed E-state index contributed by atoms with van der Waals surface area (Å²) >= 11 is 0. The molecule has 1 aliphatic rings. The van der Waals surface area contributed by atoms with Crippen LogP contribution in [-0.4, -0.2) is 41.3 Å². The van der Waals surface area contributed by atoms with Gasteiger partial charge in [0.15, 0.2) is 0 Å². The number of aliphatic imine (C=N–C) groups is 1. The molecule has 0 saturated heterocycles. The van der Waals surface area contributed by atoms with Gasteiger partial charge in [-0.15, -0.1) is 6.58 Å². The van der Waals surface area contributed by atoms with Gasteiger partial charge >= 0.3 is 0 Å². The van der Waals surface area contributed by atoms with Crippen LogP contribution in [0.2, 0.25) is 0 Å². The summed E-state index contributed by atoms with van der Waals surface area (Å²) in [5.41, 5.74) is 1.76. The summed E-state index contributed by atoms with van der Waals surface area (Å²) in [4.78, 5) is 7.58. The highest BCUT2D eigenvalue weighted by molar-refractivity contribution is 5.89. The van der Waals surface area contributed by atoms with Gasteiger partial charge in [0, 0.05) is 18.3 Å². The number of anilines is 1. The summed E-state index contributed by atoms with van der Waals surface area (Å²) < 4.78 is 0. The standard InChI is InChI=1S/C14H17N3O2/c1-2-7-16(10-18)14-9-15-8-12-5-3-4-6-13(12)17(14)11-19/h2-6,8-9,18-19H,1,7,10-11H2. The highest BCUT2D eigenvalue weighted by Gasteiger charge is 2.20. The molecule has 0 spiro atoms. The van der Waals surface area contributed by atoms with Crippen LogP contribution in [0.1, 0.15) is 5.56 Å². The lowest BCUT2D eigenvalue weighted by molar-refractivity contribution is 0.142. The van der Waals surface area contributed by atoms with Crippen LogP contribution in [0, 0.1) is 0 Å². The quantitative estimate of drug-likeness (QED) is 0.614. The zero-order valence-corrected chi connectivity index (χ0v) is 10.6. The fraction of sp³-hybridized carbons (Fsp3) is 0.214. The number of hydrogen-bond donors (Lipinski definition) is 2. The maximum absolute atomic E-state index is 9.64. The molecule has 19 heavy (non-hydrogen) atoms. The van der Waals surface area contributed by atoms with Gasteiger partial charge in [-0.1, -0.05) is 24.3 Å². The molecule has 0 amide bonds. The van der Waals surface area contributed by atoms with E-state index in [1.54, 1.807) is 28.3 Å². The van der Waals surface area contributed by atoms with Crippen LogP contribution in [0.15, 0.2) is 53.9 Å². The molecule has 1 aromatic carbocycles. The number of aliphatic hydroxyl groups is 2. The van der Waals surface area contributed by atoms with E-state index in [0.29, 0.717) is 12.4 Å². The maximum Gasteiger partial charge on any atom is 0.131 e. The van der Waals surface area contributed by atoms with E-state index in [0.717, 1.165) is 11.3 Å². The lowest BCUT2D eigenvalue weighted by Gasteiger charge is -2.32. The van der Waals surface area contributed by atoms with Crippen molar-refractivity contribution in [2.75, 3.05) is 24.9 Å². The molecule has 2 N–H and O–H groups in total. The van der Waals surface area contributed by atoms with Crippen molar-refractivity contribution >= 4 is 11.9 Å². The molecule has 2 rings (SSSR count). The third-order valence-corrected chi connectivity index (χ3v) is 2.89. The molecule has 5 nitrogen and oxygen atoms in total. The third-order valence-electron chi connectivity index (χ3n) is 2.89. The van der Waals surface area contributed by atoms with Crippen molar-refractivity contribution in [3.63, 3.8) is 0 Å². The van der Waals surface area contributed by atoms with Gasteiger partial charge in [0.1, 0.15) is 19.3 Å². The Labute approximate surface area is 112 Å². The SMILES string of the molecule is C=CCN(CO)C1=CN=Cc2ccccc2N1CO. The van der Waals surface area contributed by atoms with Gasteiger partial charge < -0.3 is 20.0 Å². The van der Waals surface area contributed by atoms with Crippen molar-refractivity contribution in [3.05, 3.63) is 54.5 Å². The third kappa shape index (κ3) is 2.67. The minimum Gasteiger partial charge on any atom is -0.376 e. The molecule has 100 valence electrons. The number of aliphatic hydroxyl groups excluding tert-OH is 2. The minimum absolute atomic E-state index is 0.175. The Kier molecular flexibility index (Phi) is 4.33. The van der Waals surface area contributed by atoms with Gasteiger partial charge in [-0.05, 0) is 6.07 Å². The topological polar surface area (TPSA) is 59.3 Å². The van der Waals surface area contributed by atoms with Crippen molar-refractivity contribution < 1.29 is 10.2 Å². The van der Waals surface area contributed by atoms with E-state index in [1.165, 1.54) is 0 Å². The van der Waals surface area contributed by atoms with E-state index in [4.69, 9.17) is 0 Å². The number of fused-ring (bicyclic) bond motifs is 1. The Morgan fingerprint density at radius 3 is 2.79 bits per heavy atom. The van der Waals surface area contributed by atoms with Gasteiger partial charge in [-0.3, -0.25) is 4.99 Å². The Morgan fingerprint density at radius 2 is 2.11 bits per heavy atom. The Hall–Kier alpha value is -2.11. The maximum atomic E-state index is 9.64. The molecular formula is C14H17N3O2. The van der Waals surface area contributed by atoms with Gasteiger partial charge in [0.2, 0.25) is 0 Å². The van der Waals surface area contributed by atoms with E-state index in [-0.39, 0.29) is 13.5 Å². The van der Waals surface area contributed by atoms with Crippen LogP contribution in [-0.2, 0) is 0 Å². The van der Waals surface area contributed by atoms with E-state index in [1.807, 2.05) is 24.3 Å². The summed E-state index contributed by atoms with van der Waals surface area (Å²) in [6.45, 7) is 3.76. The molecule has 5 heteroatoms. The van der Waals surface area contributed by atoms with E-state index in [2.05, 4.69) is 11.6 Å². The molecule has 0 fully saturated rings. The first-order valence-corrected chi connectivity index (χ1v) is 5.99. The van der Waals surface area contributed by atoms with Crippen LogP contribution in [0.3, 0.4) is 0 Å². The first-order valence-electron chi connectivity index (χ1n) is 5.99. The summed E-state index contributed by atoms with van der Waals surface area (Å²) in [5.74, 6) is 0.631. The fourth-order valence-corrected chi connectivity index (χ4v) is 2.00. The highest BCUT2D eigenvalue weighted by atomic mass is 16.3. The molecule has 0 radical (unpaired) electrons. The second-order valence-electron chi connectivity index (χ2n) is 4.05. The van der Waals surface area contributed by atoms with Crippen molar-refractivity contribution in [2.24, 2.45) is 4.99 Å². The van der Waals surface area contributed by atoms with Crippen LogP contribution in [0.4, 0.5) is 5.69 Å². The monoisotopic (exact) mass is 259 g/mol. The first kappa shape index (κ1) is 13.3. The first-order chi connectivity index (χ1) is 9.31. The highest BCUT2D eigenvalue weighted by Crippen LogP contribution is 2.26. The largest absolute Gasteiger partial charge is 0.376 e. The van der Waals surface area contributed by atoms with E-state index >= 15 is 0 Å². The van der Waals surface area contributed by atoms with Crippen LogP contribution >= 0.6 is 0 Å². The van der Waals surface area contributed by atoms with Crippen LogP contribution in [0.25, 0.3) is 0 Å². The summed E-state index contributed by atoms with van der Waals surface area (Å²) in [7, 11) is 0. The molecular weight excluding hydrogens is 242 g/mol. The van der Waals surface area contributed by atoms with E-state index in [9.17, 15) is 10.2 Å². The Morgan fingerprint density at radius 1 is 1.32 bits per heavy atom. The van der Waals surface area contributed by atoms with Crippen molar-refractivity contribution in [1.82, 2.24) is 4.90 Å². The smallest absolute Gasteiger partial charge is 0.131 e. The average molecular weight is 259 g/mol. The molecule has 0 aromatic heterocycles. The Bertz CT molecular complexity index is 511. The molecule has 0 atom stereocenters. The van der Waals surface area contributed by atoms with Crippen LogP contribution in [0.5, 0.6) is 0 Å². The summed E-state index contributed by atoms with van der Waals surface area (Å²) in [5, 5.41) is 19.1. The molecule has 1 aliphatic heterocycles. The zero-order valence-electron chi connectivity index (χ0n) is 10.6. The van der Waals surface area contributed by atoms with Gasteiger partial charge in [0.05, 0.1) is 11.9 Å². The van der Waals surface area contributed by atoms with Crippen molar-refractivity contribution in [3.8, 4) is 0 Å². The lowest BCUT2D eigenvalue weighted by atomic mass is 10.2. The zero-order chi connectivity index (χ0) is 13.7. The van der Waals surface area contributed by atoms with Crippen molar-refractivity contribution in [1.29, 1.82) is 0 Å². The normalized spacial score (nSPS) is 13.6. The van der Waals surface area contributed by atoms with Gasteiger partial charge in [-0.2, -0.15) is 0 Å². The van der Waals surface area contributed by atoms with Gasteiger partial charge in [0.25, 0.3) is 0 Å². The molecule has 0 aliphatic carbocycles. The number of benzene rings is 1. The minimum atomic E-state index is -0.195. The van der Waals surface area contributed by atoms with Crippen LogP contribution < -0.4 is 4.90 Å². The number of rotatable bonds is 5. The molecule has 1 aromatic rings. The summed E-state index contributed by atoms with van der Waals surface area (Å²) in [6.07, 6.45) is 5.04. The molecule has 0 saturated carbocycles. The molecule has 1 heterocycles. The number of hydrogen-bond acceptors (Lipinski definition) is 5. The predicted octanol–water partition coefficient (Wildman–Crippen LogP) is 1.11. The summed E-state index contributed by atoms with van der Waals surface area (Å²) in [6, 6.07) is 7.64. The van der Waals surface area contributed by atoms with Crippen molar-refractivity contribution in [2.45, 2.75) is 0 Å². The predicted molar refractivity (Wildman–Crippen MR) is 75.7 cm³/mol. The average Bonchev–Trinajstić information content (AvgIpc) is 2.63.